The summed E-state index contributed by atoms with van der Waals surface area (Å²) in [4.78, 5) is 15.2. The summed E-state index contributed by atoms with van der Waals surface area (Å²) in [6, 6.07) is 8.27. The topological polar surface area (TPSA) is 90.9 Å². The molecule has 0 spiro atoms. The SMILES string of the molecule is COc1cc(OC)c(Nc2nc3ccccn3c2[N+](=O)[O-])cc1Cl. The Bertz CT molecular complexity index is 925. The number of aromatic nitrogens is 2. The average molecular weight is 349 g/mol. The molecule has 1 N–H and O–H groups in total. The minimum absolute atomic E-state index is 0.0886. The van der Waals surface area contributed by atoms with Crippen molar-refractivity contribution in [3.8, 4) is 11.5 Å². The van der Waals surface area contributed by atoms with E-state index in [1.165, 1.54) is 18.6 Å². The van der Waals surface area contributed by atoms with E-state index in [1.807, 2.05) is 0 Å². The minimum atomic E-state index is -0.500. The second-order valence-electron chi connectivity index (χ2n) is 4.78. The van der Waals surface area contributed by atoms with Crippen LogP contribution in [0.15, 0.2) is 36.5 Å². The van der Waals surface area contributed by atoms with E-state index in [2.05, 4.69) is 10.3 Å². The first-order valence-electron chi connectivity index (χ1n) is 6.85. The highest BCUT2D eigenvalue weighted by Gasteiger charge is 2.23. The van der Waals surface area contributed by atoms with E-state index in [0.717, 1.165) is 0 Å². The lowest BCUT2D eigenvalue weighted by molar-refractivity contribution is -0.389. The summed E-state index contributed by atoms with van der Waals surface area (Å²) in [6.07, 6.45) is 1.57. The minimum Gasteiger partial charge on any atom is -0.495 e. The molecule has 8 nitrogen and oxygen atoms in total. The molecule has 0 aliphatic carbocycles. The van der Waals surface area contributed by atoms with Crippen molar-refractivity contribution < 1.29 is 14.4 Å². The fraction of sp³-hybridized carbons (Fsp3) is 0.133. The molecule has 0 aliphatic heterocycles. The van der Waals surface area contributed by atoms with Crippen LogP contribution in [-0.4, -0.2) is 28.5 Å². The van der Waals surface area contributed by atoms with Crippen LogP contribution < -0.4 is 14.8 Å². The van der Waals surface area contributed by atoms with Crippen molar-refractivity contribution in [2.75, 3.05) is 19.5 Å². The van der Waals surface area contributed by atoms with Crippen LogP contribution in [0.4, 0.5) is 17.3 Å². The van der Waals surface area contributed by atoms with Crippen molar-refractivity contribution in [2.24, 2.45) is 0 Å². The Kier molecular flexibility index (Phi) is 4.13. The summed E-state index contributed by atoms with van der Waals surface area (Å²) in [6.45, 7) is 0. The highest BCUT2D eigenvalue weighted by atomic mass is 35.5. The first kappa shape index (κ1) is 15.9. The normalized spacial score (nSPS) is 10.6. The molecule has 24 heavy (non-hydrogen) atoms. The maximum atomic E-state index is 11.4. The molecule has 0 saturated carbocycles. The van der Waals surface area contributed by atoms with E-state index < -0.39 is 4.92 Å². The summed E-state index contributed by atoms with van der Waals surface area (Å²) < 4.78 is 11.8. The zero-order valence-corrected chi connectivity index (χ0v) is 13.6. The molecule has 0 saturated heterocycles. The number of pyridine rings is 1. The number of nitrogens with zero attached hydrogens (tertiary/aromatic N) is 3. The summed E-state index contributed by atoms with van der Waals surface area (Å²) in [5.74, 6) is 0.761. The zero-order chi connectivity index (χ0) is 17.3. The second-order valence-corrected chi connectivity index (χ2v) is 5.19. The molecule has 0 atom stereocenters. The van der Waals surface area contributed by atoms with Crippen LogP contribution in [0.5, 0.6) is 11.5 Å². The Balaban J connectivity index is 2.12. The summed E-state index contributed by atoms with van der Waals surface area (Å²) in [5, 5.41) is 14.7. The predicted octanol–water partition coefficient (Wildman–Crippen LogP) is 3.66. The van der Waals surface area contributed by atoms with Gasteiger partial charge in [-0.15, -0.1) is 0 Å². The van der Waals surface area contributed by atoms with Crippen molar-refractivity contribution in [1.29, 1.82) is 0 Å². The highest BCUT2D eigenvalue weighted by Crippen LogP contribution is 2.38. The molecule has 9 heteroatoms. The van der Waals surface area contributed by atoms with Crippen LogP contribution in [0.1, 0.15) is 0 Å². The van der Waals surface area contributed by atoms with E-state index in [-0.39, 0.29) is 11.6 Å². The first-order valence-corrected chi connectivity index (χ1v) is 7.23. The maximum absolute atomic E-state index is 11.4. The zero-order valence-electron chi connectivity index (χ0n) is 12.8. The van der Waals surface area contributed by atoms with Gasteiger partial charge in [-0.2, -0.15) is 9.38 Å². The highest BCUT2D eigenvalue weighted by molar-refractivity contribution is 6.32. The van der Waals surface area contributed by atoms with Gasteiger partial charge < -0.3 is 24.9 Å². The lowest BCUT2D eigenvalue weighted by Crippen LogP contribution is -2.00. The van der Waals surface area contributed by atoms with Gasteiger partial charge in [0, 0.05) is 12.1 Å². The summed E-state index contributed by atoms with van der Waals surface area (Å²) in [5.41, 5.74) is 0.889. The molecule has 0 fully saturated rings. The number of nitrogens with one attached hydrogen (secondary N) is 1. The Hall–Kier alpha value is -3.00. The fourth-order valence-electron chi connectivity index (χ4n) is 2.33. The average Bonchev–Trinajstić information content (AvgIpc) is 2.93. The number of nitro groups is 1. The number of ether oxygens (including phenoxy) is 2. The molecule has 1 aromatic carbocycles. The summed E-state index contributed by atoms with van der Waals surface area (Å²) in [7, 11) is 2.96. The van der Waals surface area contributed by atoms with Crippen LogP contribution in [0, 0.1) is 10.1 Å². The van der Waals surface area contributed by atoms with Crippen molar-refractivity contribution in [2.45, 2.75) is 0 Å². The number of hydrogen-bond donors (Lipinski definition) is 1. The van der Waals surface area contributed by atoms with E-state index in [1.54, 1.807) is 36.5 Å². The number of hydrogen-bond acceptors (Lipinski definition) is 6. The Morgan fingerprint density at radius 1 is 1.25 bits per heavy atom. The number of methoxy groups -OCH3 is 2. The van der Waals surface area contributed by atoms with E-state index >= 15 is 0 Å². The number of anilines is 2. The van der Waals surface area contributed by atoms with Gasteiger partial charge in [0.05, 0.1) is 31.1 Å². The van der Waals surface area contributed by atoms with Crippen molar-refractivity contribution in [3.63, 3.8) is 0 Å². The van der Waals surface area contributed by atoms with Gasteiger partial charge in [-0.3, -0.25) is 0 Å². The largest absolute Gasteiger partial charge is 0.495 e. The van der Waals surface area contributed by atoms with Gasteiger partial charge in [-0.25, -0.2) is 0 Å². The van der Waals surface area contributed by atoms with E-state index in [9.17, 15) is 10.1 Å². The van der Waals surface area contributed by atoms with Gasteiger partial charge >= 0.3 is 5.82 Å². The molecule has 3 aromatic rings. The first-order chi connectivity index (χ1) is 11.5. The molecule has 124 valence electrons. The molecule has 3 rings (SSSR count). The molecular formula is C15H13ClN4O4. The molecular weight excluding hydrogens is 336 g/mol. The van der Waals surface area contributed by atoms with E-state index in [0.29, 0.717) is 27.9 Å². The number of imidazole rings is 1. The molecule has 0 bridgehead atoms. The van der Waals surface area contributed by atoms with Crippen LogP contribution >= 0.6 is 11.6 Å². The van der Waals surface area contributed by atoms with Crippen LogP contribution in [0.2, 0.25) is 5.02 Å². The molecule has 2 aromatic heterocycles. The van der Waals surface area contributed by atoms with Crippen LogP contribution in [-0.2, 0) is 0 Å². The third-order valence-electron chi connectivity index (χ3n) is 3.40. The van der Waals surface area contributed by atoms with Crippen LogP contribution in [0.25, 0.3) is 5.65 Å². The maximum Gasteiger partial charge on any atom is 0.372 e. The number of rotatable bonds is 5. The van der Waals surface area contributed by atoms with Gasteiger partial charge in [0.2, 0.25) is 11.5 Å². The Morgan fingerprint density at radius 3 is 2.67 bits per heavy atom. The predicted molar refractivity (Wildman–Crippen MR) is 89.7 cm³/mol. The van der Waals surface area contributed by atoms with Gasteiger partial charge in [0.1, 0.15) is 11.5 Å². The Morgan fingerprint density at radius 2 is 2.00 bits per heavy atom. The number of benzene rings is 1. The van der Waals surface area contributed by atoms with Crippen molar-refractivity contribution >= 4 is 34.6 Å². The molecule has 2 heterocycles. The fourth-order valence-corrected chi connectivity index (χ4v) is 2.57. The quantitative estimate of drug-likeness (QED) is 0.559. The van der Waals surface area contributed by atoms with Gasteiger partial charge in [-0.05, 0) is 17.1 Å². The van der Waals surface area contributed by atoms with E-state index in [4.69, 9.17) is 21.1 Å². The number of fused-ring (bicyclic) bond motifs is 1. The molecule has 0 amide bonds. The van der Waals surface area contributed by atoms with Crippen LogP contribution in [0.3, 0.4) is 0 Å². The lowest BCUT2D eigenvalue weighted by atomic mass is 10.2. The van der Waals surface area contributed by atoms with Crippen molar-refractivity contribution in [1.82, 2.24) is 9.38 Å². The molecule has 0 aliphatic rings. The standard InChI is InChI=1S/C15H13ClN4O4/c1-23-11-8-12(24-2)10(7-9(11)16)17-14-15(20(21)22)19-6-4-3-5-13(19)18-14/h3-8,17H,1-2H3. The van der Waals surface area contributed by atoms with Gasteiger partial charge in [0.15, 0.2) is 0 Å². The lowest BCUT2D eigenvalue weighted by Gasteiger charge is -2.12. The third-order valence-corrected chi connectivity index (χ3v) is 3.70. The van der Waals surface area contributed by atoms with Gasteiger partial charge in [-0.1, -0.05) is 17.7 Å². The second kappa shape index (κ2) is 6.25. The summed E-state index contributed by atoms with van der Waals surface area (Å²) >= 11 is 6.13. The molecule has 0 radical (unpaired) electrons. The monoisotopic (exact) mass is 348 g/mol. The van der Waals surface area contributed by atoms with Crippen molar-refractivity contribution in [3.05, 3.63) is 51.7 Å². The molecule has 0 unspecified atom stereocenters. The van der Waals surface area contributed by atoms with Gasteiger partial charge in [0.25, 0.3) is 0 Å². The smallest absolute Gasteiger partial charge is 0.372 e. The number of halogens is 1. The Labute approximate surface area is 141 Å². The third kappa shape index (κ3) is 2.67.